The summed E-state index contributed by atoms with van der Waals surface area (Å²) in [6.45, 7) is 9.27. The second-order valence-corrected chi connectivity index (χ2v) is 8.47. The molecule has 7 heteroatoms. The lowest BCUT2D eigenvalue weighted by molar-refractivity contribution is -0.141. The first kappa shape index (κ1) is 22.0. The van der Waals surface area contributed by atoms with E-state index in [0.29, 0.717) is 60.2 Å². The van der Waals surface area contributed by atoms with E-state index in [-0.39, 0.29) is 23.3 Å². The van der Waals surface area contributed by atoms with Crippen LogP contribution in [0.1, 0.15) is 39.3 Å². The lowest BCUT2D eigenvalue weighted by Gasteiger charge is -2.25. The van der Waals surface area contributed by atoms with E-state index in [9.17, 15) is 13.2 Å². The highest BCUT2D eigenvalue weighted by atomic mass is 19.4. The van der Waals surface area contributed by atoms with Crippen molar-refractivity contribution in [2.45, 2.75) is 52.0 Å². The molecule has 0 saturated carbocycles. The molecule has 0 spiro atoms. The SMILES string of the molecule is Cc1cc(C(c2cc(C)c(OCC3CO3)c(C)c2)C(F)(F)F)cc(C)c1OCC1CO1. The average molecular weight is 436 g/mol. The van der Waals surface area contributed by atoms with E-state index in [1.807, 2.05) is 0 Å². The summed E-state index contributed by atoms with van der Waals surface area (Å²) in [4.78, 5) is 0. The Balaban J connectivity index is 1.66. The second-order valence-electron chi connectivity index (χ2n) is 8.47. The molecule has 2 saturated heterocycles. The van der Waals surface area contributed by atoms with Crippen LogP contribution in [-0.2, 0) is 9.47 Å². The van der Waals surface area contributed by atoms with E-state index in [1.165, 1.54) is 0 Å². The van der Waals surface area contributed by atoms with Crippen molar-refractivity contribution in [2.24, 2.45) is 0 Å². The number of hydrogen-bond donors (Lipinski definition) is 0. The van der Waals surface area contributed by atoms with Crippen LogP contribution in [0, 0.1) is 27.7 Å². The fraction of sp³-hybridized carbons (Fsp3) is 0.500. The minimum atomic E-state index is -4.44. The standard InChI is InChI=1S/C24H27F3O4/c1-13-5-17(6-14(2)22(13)30-11-19-9-28-19)21(24(25,26)27)18-7-15(3)23(16(4)8-18)31-12-20-10-29-20/h5-8,19-21H,9-12H2,1-4H3. The summed E-state index contributed by atoms with van der Waals surface area (Å²) in [6.07, 6.45) is -4.27. The molecule has 2 aromatic carbocycles. The molecule has 0 radical (unpaired) electrons. The van der Waals surface area contributed by atoms with Gasteiger partial charge in [-0.05, 0) is 61.1 Å². The molecule has 0 amide bonds. The van der Waals surface area contributed by atoms with Crippen molar-refractivity contribution >= 4 is 0 Å². The normalized spacial score (nSPS) is 21.0. The Morgan fingerprint density at radius 2 is 1.10 bits per heavy atom. The molecule has 2 aromatic rings. The maximum Gasteiger partial charge on any atom is 0.399 e. The van der Waals surface area contributed by atoms with Crippen LogP contribution in [0.2, 0.25) is 0 Å². The van der Waals surface area contributed by atoms with Crippen molar-refractivity contribution in [1.82, 2.24) is 0 Å². The number of rotatable bonds is 8. The minimum Gasteiger partial charge on any atom is -0.490 e. The smallest absolute Gasteiger partial charge is 0.399 e. The van der Waals surface area contributed by atoms with Crippen molar-refractivity contribution in [3.05, 3.63) is 57.6 Å². The summed E-state index contributed by atoms with van der Waals surface area (Å²) >= 11 is 0. The number of hydrogen-bond acceptors (Lipinski definition) is 4. The van der Waals surface area contributed by atoms with Gasteiger partial charge in [-0.3, -0.25) is 0 Å². The molecule has 2 aliphatic rings. The predicted octanol–water partition coefficient (Wildman–Crippen LogP) is 5.17. The zero-order valence-corrected chi connectivity index (χ0v) is 18.1. The lowest BCUT2D eigenvalue weighted by Crippen LogP contribution is -2.23. The highest BCUT2D eigenvalue weighted by Crippen LogP contribution is 2.44. The minimum absolute atomic E-state index is 0.0829. The lowest BCUT2D eigenvalue weighted by atomic mass is 9.86. The van der Waals surface area contributed by atoms with E-state index >= 15 is 0 Å². The third-order valence-corrected chi connectivity index (χ3v) is 5.59. The number of alkyl halides is 3. The molecule has 0 aromatic heterocycles. The molecule has 2 heterocycles. The molecule has 31 heavy (non-hydrogen) atoms. The van der Waals surface area contributed by atoms with E-state index in [2.05, 4.69) is 0 Å². The second kappa shape index (κ2) is 8.36. The topological polar surface area (TPSA) is 43.5 Å². The average Bonchev–Trinajstić information content (AvgIpc) is 3.54. The quantitative estimate of drug-likeness (QED) is 0.536. The third-order valence-electron chi connectivity index (χ3n) is 5.59. The molecule has 0 bridgehead atoms. The highest BCUT2D eigenvalue weighted by molar-refractivity contribution is 5.50. The first-order valence-corrected chi connectivity index (χ1v) is 10.4. The van der Waals surface area contributed by atoms with Gasteiger partial charge in [0.2, 0.25) is 0 Å². The molecule has 168 valence electrons. The van der Waals surface area contributed by atoms with E-state index in [0.717, 1.165) is 0 Å². The fourth-order valence-electron chi connectivity index (χ4n) is 4.01. The molecule has 2 aliphatic heterocycles. The summed E-state index contributed by atoms with van der Waals surface area (Å²) in [7, 11) is 0. The first-order valence-electron chi connectivity index (χ1n) is 10.4. The summed E-state index contributed by atoms with van der Waals surface area (Å²) in [5.74, 6) is -0.485. The van der Waals surface area contributed by atoms with Crippen LogP contribution in [0.4, 0.5) is 13.2 Å². The van der Waals surface area contributed by atoms with Crippen molar-refractivity contribution in [1.29, 1.82) is 0 Å². The van der Waals surface area contributed by atoms with Crippen LogP contribution in [0.5, 0.6) is 11.5 Å². The summed E-state index contributed by atoms with van der Waals surface area (Å²) in [6, 6.07) is 6.31. The Kier molecular flexibility index (Phi) is 5.92. The predicted molar refractivity (Wildman–Crippen MR) is 110 cm³/mol. The van der Waals surface area contributed by atoms with Crippen molar-refractivity contribution in [3.63, 3.8) is 0 Å². The van der Waals surface area contributed by atoms with E-state index < -0.39 is 12.1 Å². The van der Waals surface area contributed by atoms with Gasteiger partial charge in [-0.1, -0.05) is 24.3 Å². The van der Waals surface area contributed by atoms with Gasteiger partial charge in [0.15, 0.2) is 0 Å². The molecule has 2 atom stereocenters. The Morgan fingerprint density at radius 1 is 0.774 bits per heavy atom. The van der Waals surface area contributed by atoms with Crippen LogP contribution >= 0.6 is 0 Å². The number of ether oxygens (including phenoxy) is 4. The van der Waals surface area contributed by atoms with Gasteiger partial charge >= 0.3 is 6.18 Å². The van der Waals surface area contributed by atoms with Crippen LogP contribution in [0.25, 0.3) is 0 Å². The summed E-state index contributed by atoms with van der Waals surface area (Å²) in [5.41, 5.74) is 3.14. The maximum atomic E-state index is 14.2. The Labute approximate surface area is 180 Å². The monoisotopic (exact) mass is 436 g/mol. The molecule has 2 fully saturated rings. The van der Waals surface area contributed by atoms with E-state index in [1.54, 1.807) is 52.0 Å². The summed E-state index contributed by atoms with van der Waals surface area (Å²) in [5, 5.41) is 0. The number of aryl methyl sites for hydroxylation is 4. The molecular formula is C24H27F3O4. The van der Waals surface area contributed by atoms with Crippen molar-refractivity contribution in [2.75, 3.05) is 26.4 Å². The van der Waals surface area contributed by atoms with E-state index in [4.69, 9.17) is 18.9 Å². The maximum absolute atomic E-state index is 14.2. The first-order chi connectivity index (χ1) is 14.6. The summed E-state index contributed by atoms with van der Waals surface area (Å²) < 4.78 is 64.6. The van der Waals surface area contributed by atoms with Crippen LogP contribution in [-0.4, -0.2) is 44.8 Å². The van der Waals surface area contributed by atoms with Crippen molar-refractivity contribution < 1.29 is 32.1 Å². The molecule has 4 rings (SSSR count). The fourth-order valence-corrected chi connectivity index (χ4v) is 4.01. The molecule has 0 aliphatic carbocycles. The van der Waals surface area contributed by atoms with Gasteiger partial charge < -0.3 is 18.9 Å². The Morgan fingerprint density at radius 3 is 1.35 bits per heavy atom. The zero-order valence-electron chi connectivity index (χ0n) is 18.1. The van der Waals surface area contributed by atoms with Crippen LogP contribution < -0.4 is 9.47 Å². The van der Waals surface area contributed by atoms with Gasteiger partial charge in [-0.2, -0.15) is 13.2 Å². The Bertz CT molecular complexity index is 844. The van der Waals surface area contributed by atoms with Gasteiger partial charge in [-0.15, -0.1) is 0 Å². The van der Waals surface area contributed by atoms with Crippen molar-refractivity contribution in [3.8, 4) is 11.5 Å². The Hall–Kier alpha value is -2.25. The van der Waals surface area contributed by atoms with Gasteiger partial charge in [0.05, 0.1) is 13.2 Å². The zero-order chi connectivity index (χ0) is 22.3. The highest BCUT2D eigenvalue weighted by Gasteiger charge is 2.42. The third kappa shape index (κ3) is 5.15. The van der Waals surface area contributed by atoms with Gasteiger partial charge in [0.1, 0.15) is 42.8 Å². The van der Waals surface area contributed by atoms with Gasteiger partial charge in [-0.25, -0.2) is 0 Å². The molecular weight excluding hydrogens is 409 g/mol. The molecule has 0 N–H and O–H groups in total. The number of benzene rings is 2. The molecule has 2 unspecified atom stereocenters. The van der Waals surface area contributed by atoms with Crippen LogP contribution in [0.3, 0.4) is 0 Å². The van der Waals surface area contributed by atoms with Gasteiger partial charge in [0.25, 0.3) is 0 Å². The number of epoxide rings is 2. The van der Waals surface area contributed by atoms with Gasteiger partial charge in [0, 0.05) is 0 Å². The largest absolute Gasteiger partial charge is 0.490 e. The number of halogens is 3. The van der Waals surface area contributed by atoms with Crippen LogP contribution in [0.15, 0.2) is 24.3 Å². The molecule has 4 nitrogen and oxygen atoms in total.